The number of carbonyl (C=O) groups excluding carboxylic acids is 1. The average Bonchev–Trinajstić information content (AvgIpc) is 3.56. The Morgan fingerprint density at radius 3 is 2.47 bits per heavy atom. The van der Waals surface area contributed by atoms with Crippen molar-refractivity contribution >= 4 is 37.9 Å². The van der Waals surface area contributed by atoms with Crippen LogP contribution < -0.4 is 10.1 Å². The number of nitrogens with zero attached hydrogens (tertiary/aromatic N) is 2. The molecule has 1 heterocycles. The van der Waals surface area contributed by atoms with Gasteiger partial charge in [-0.1, -0.05) is 29.4 Å². The minimum absolute atomic E-state index is 0.0177. The number of oxime groups is 1. The monoisotopic (exact) mass is 471 g/mol. The highest BCUT2D eigenvalue weighted by Gasteiger charge is 2.36. The van der Waals surface area contributed by atoms with Gasteiger partial charge < -0.3 is 9.57 Å². The van der Waals surface area contributed by atoms with Crippen LogP contribution in [0.1, 0.15) is 24.0 Å². The van der Waals surface area contributed by atoms with Gasteiger partial charge in [0.1, 0.15) is 12.4 Å². The molecule has 1 amide bonds. The number of benzene rings is 2. The summed E-state index contributed by atoms with van der Waals surface area (Å²) >= 11 is 1.27. The SMILES string of the molecule is COc1ccc(CO/N=C(/C(=O)Nc2nccs2)c2ccc(S(=O)(=O)C3CC3)cc2)cc1. The summed E-state index contributed by atoms with van der Waals surface area (Å²) in [5, 5.41) is 8.59. The lowest BCUT2D eigenvalue weighted by Crippen LogP contribution is -2.24. The smallest absolute Gasteiger partial charge is 0.280 e. The molecule has 8 nitrogen and oxygen atoms in total. The number of methoxy groups -OCH3 is 1. The van der Waals surface area contributed by atoms with E-state index in [1.54, 1.807) is 43.0 Å². The number of hydrogen-bond acceptors (Lipinski definition) is 8. The van der Waals surface area contributed by atoms with Crippen molar-refractivity contribution in [2.75, 3.05) is 12.4 Å². The van der Waals surface area contributed by atoms with Gasteiger partial charge >= 0.3 is 0 Å². The van der Waals surface area contributed by atoms with E-state index < -0.39 is 15.7 Å². The zero-order chi connectivity index (χ0) is 22.6. The number of hydrogen-bond donors (Lipinski definition) is 1. The minimum atomic E-state index is -3.32. The summed E-state index contributed by atoms with van der Waals surface area (Å²) in [6.07, 6.45) is 2.95. The molecule has 1 aromatic heterocycles. The molecule has 1 fully saturated rings. The molecule has 0 aliphatic heterocycles. The third-order valence-electron chi connectivity index (χ3n) is 4.83. The summed E-state index contributed by atoms with van der Waals surface area (Å²) in [5.41, 5.74) is 1.30. The summed E-state index contributed by atoms with van der Waals surface area (Å²) < 4.78 is 30.0. The zero-order valence-corrected chi connectivity index (χ0v) is 18.9. The van der Waals surface area contributed by atoms with Gasteiger partial charge in [0.05, 0.1) is 17.3 Å². The van der Waals surface area contributed by atoms with Gasteiger partial charge in [-0.15, -0.1) is 11.3 Å². The van der Waals surface area contributed by atoms with E-state index in [0.29, 0.717) is 23.5 Å². The number of amides is 1. The molecule has 3 aromatic rings. The number of nitrogens with one attached hydrogen (secondary N) is 1. The van der Waals surface area contributed by atoms with Gasteiger partial charge in [-0.3, -0.25) is 10.1 Å². The standard InChI is InChI=1S/C22H21N3O5S2/c1-29-17-6-2-15(3-7-17)14-30-25-20(21(26)24-22-23-12-13-31-22)16-4-8-18(9-5-16)32(27,28)19-10-11-19/h2-9,12-13,19H,10-11,14H2,1H3,(H,23,24,26)/b25-20+. The second-order valence-electron chi connectivity index (χ2n) is 7.12. The van der Waals surface area contributed by atoms with E-state index in [4.69, 9.17) is 9.57 Å². The second kappa shape index (κ2) is 9.49. The van der Waals surface area contributed by atoms with Crippen molar-refractivity contribution in [2.24, 2.45) is 5.16 Å². The van der Waals surface area contributed by atoms with E-state index in [-0.39, 0.29) is 22.5 Å². The first-order valence-corrected chi connectivity index (χ1v) is 12.3. The summed E-state index contributed by atoms with van der Waals surface area (Å²) in [7, 11) is -1.73. The fourth-order valence-electron chi connectivity index (χ4n) is 2.93. The van der Waals surface area contributed by atoms with E-state index in [2.05, 4.69) is 15.5 Å². The lowest BCUT2D eigenvalue weighted by atomic mass is 10.1. The number of rotatable bonds is 9. The second-order valence-corrected chi connectivity index (χ2v) is 10.2. The molecule has 1 saturated carbocycles. The highest BCUT2D eigenvalue weighted by molar-refractivity contribution is 7.92. The Labute approximate surface area is 189 Å². The lowest BCUT2D eigenvalue weighted by Gasteiger charge is -2.09. The first kappa shape index (κ1) is 22.0. The van der Waals surface area contributed by atoms with E-state index in [1.165, 1.54) is 23.5 Å². The largest absolute Gasteiger partial charge is 0.497 e. The Morgan fingerprint density at radius 1 is 1.16 bits per heavy atom. The number of aromatic nitrogens is 1. The molecule has 0 saturated heterocycles. The van der Waals surface area contributed by atoms with Crippen molar-refractivity contribution in [1.82, 2.24) is 4.98 Å². The van der Waals surface area contributed by atoms with Crippen LogP contribution in [-0.4, -0.2) is 37.4 Å². The summed E-state index contributed by atoms with van der Waals surface area (Å²) in [5.74, 6) is 0.217. The van der Waals surface area contributed by atoms with E-state index in [0.717, 1.165) is 11.3 Å². The van der Waals surface area contributed by atoms with Crippen molar-refractivity contribution < 1.29 is 22.8 Å². The zero-order valence-electron chi connectivity index (χ0n) is 17.2. The fourth-order valence-corrected chi connectivity index (χ4v) is 5.11. The number of thiazole rings is 1. The summed E-state index contributed by atoms with van der Waals surface area (Å²) in [6, 6.07) is 13.4. The highest BCUT2D eigenvalue weighted by Crippen LogP contribution is 2.33. The molecule has 4 rings (SSSR count). The normalized spacial score (nSPS) is 14.1. The van der Waals surface area contributed by atoms with Crippen LogP contribution in [0.4, 0.5) is 5.13 Å². The fraction of sp³-hybridized carbons (Fsp3) is 0.227. The molecule has 32 heavy (non-hydrogen) atoms. The van der Waals surface area contributed by atoms with Gasteiger partial charge in [-0.25, -0.2) is 13.4 Å². The van der Waals surface area contributed by atoms with Crippen LogP contribution in [0.2, 0.25) is 0 Å². The maximum absolute atomic E-state index is 12.8. The quantitative estimate of drug-likeness (QED) is 0.377. The number of anilines is 1. The van der Waals surface area contributed by atoms with Crippen LogP contribution in [0, 0.1) is 0 Å². The van der Waals surface area contributed by atoms with E-state index in [1.807, 2.05) is 12.1 Å². The maximum Gasteiger partial charge on any atom is 0.280 e. The van der Waals surface area contributed by atoms with Gasteiger partial charge in [0.25, 0.3) is 5.91 Å². The number of sulfone groups is 1. The van der Waals surface area contributed by atoms with Gasteiger partial charge in [0.2, 0.25) is 0 Å². The Morgan fingerprint density at radius 2 is 1.88 bits per heavy atom. The minimum Gasteiger partial charge on any atom is -0.497 e. The Kier molecular flexibility index (Phi) is 6.52. The van der Waals surface area contributed by atoms with Gasteiger partial charge in [0.15, 0.2) is 20.7 Å². The first-order chi connectivity index (χ1) is 15.5. The van der Waals surface area contributed by atoms with E-state index >= 15 is 0 Å². The van der Waals surface area contributed by atoms with Crippen LogP contribution >= 0.6 is 11.3 Å². The lowest BCUT2D eigenvalue weighted by molar-refractivity contribution is -0.110. The Balaban J connectivity index is 1.55. The van der Waals surface area contributed by atoms with Crippen molar-refractivity contribution in [1.29, 1.82) is 0 Å². The summed E-state index contributed by atoms with van der Waals surface area (Å²) in [4.78, 5) is 22.6. The third kappa shape index (κ3) is 5.14. The van der Waals surface area contributed by atoms with Gasteiger partial charge in [-0.05, 0) is 42.7 Å². The van der Waals surface area contributed by atoms with Crippen LogP contribution in [0.15, 0.2) is 70.2 Å². The number of ether oxygens (including phenoxy) is 1. The Bertz CT molecular complexity index is 1200. The molecule has 0 unspecified atom stereocenters. The van der Waals surface area contributed by atoms with Gasteiger partial charge in [0, 0.05) is 17.1 Å². The molecular formula is C22H21N3O5S2. The number of carbonyl (C=O) groups is 1. The van der Waals surface area contributed by atoms with Gasteiger partial charge in [-0.2, -0.15) is 0 Å². The van der Waals surface area contributed by atoms with Crippen molar-refractivity contribution in [3.05, 3.63) is 71.2 Å². The van der Waals surface area contributed by atoms with Crippen LogP contribution in [-0.2, 0) is 26.1 Å². The summed E-state index contributed by atoms with van der Waals surface area (Å²) in [6.45, 7) is 0.145. The van der Waals surface area contributed by atoms with Crippen molar-refractivity contribution in [3.63, 3.8) is 0 Å². The molecule has 0 atom stereocenters. The maximum atomic E-state index is 12.8. The van der Waals surface area contributed by atoms with Crippen molar-refractivity contribution in [3.8, 4) is 5.75 Å². The Hall–Kier alpha value is -3.24. The molecule has 1 aliphatic carbocycles. The molecular weight excluding hydrogens is 450 g/mol. The molecule has 1 N–H and O–H groups in total. The molecule has 2 aromatic carbocycles. The van der Waals surface area contributed by atoms with E-state index in [9.17, 15) is 13.2 Å². The predicted octanol–water partition coefficient (Wildman–Crippen LogP) is 3.65. The highest BCUT2D eigenvalue weighted by atomic mass is 32.2. The third-order valence-corrected chi connectivity index (χ3v) is 7.80. The topological polar surface area (TPSA) is 107 Å². The molecule has 0 radical (unpaired) electrons. The van der Waals surface area contributed by atoms with Crippen LogP contribution in [0.5, 0.6) is 5.75 Å². The van der Waals surface area contributed by atoms with Crippen LogP contribution in [0.3, 0.4) is 0 Å². The molecule has 0 bridgehead atoms. The molecule has 0 spiro atoms. The average molecular weight is 472 g/mol. The van der Waals surface area contributed by atoms with Crippen molar-refractivity contribution in [2.45, 2.75) is 29.6 Å². The molecule has 10 heteroatoms. The predicted molar refractivity (Wildman–Crippen MR) is 122 cm³/mol. The van der Waals surface area contributed by atoms with Crippen LogP contribution in [0.25, 0.3) is 0 Å². The first-order valence-electron chi connectivity index (χ1n) is 9.85. The molecule has 1 aliphatic rings. The molecule has 166 valence electrons.